The SMILES string of the molecule is O=COC1CCCC(F)(F)C1. The Morgan fingerprint density at radius 2 is 2.27 bits per heavy atom. The van der Waals surface area contributed by atoms with Crippen molar-refractivity contribution in [1.29, 1.82) is 0 Å². The van der Waals surface area contributed by atoms with Gasteiger partial charge >= 0.3 is 0 Å². The number of rotatable bonds is 2. The first-order valence-corrected chi connectivity index (χ1v) is 3.61. The number of ether oxygens (including phenoxy) is 1. The second-order valence-corrected chi connectivity index (χ2v) is 2.81. The Morgan fingerprint density at radius 1 is 1.55 bits per heavy atom. The molecule has 4 heteroatoms. The third kappa shape index (κ3) is 2.44. The summed E-state index contributed by atoms with van der Waals surface area (Å²) in [5, 5.41) is 0. The fraction of sp³-hybridized carbons (Fsp3) is 0.857. The van der Waals surface area contributed by atoms with E-state index in [-0.39, 0.29) is 19.3 Å². The number of carbonyl (C=O) groups excluding carboxylic acids is 1. The van der Waals surface area contributed by atoms with Crippen molar-refractivity contribution in [3.63, 3.8) is 0 Å². The Hall–Kier alpha value is -0.670. The maximum atomic E-state index is 12.6. The molecule has 0 radical (unpaired) electrons. The second-order valence-electron chi connectivity index (χ2n) is 2.81. The van der Waals surface area contributed by atoms with E-state index in [4.69, 9.17) is 0 Å². The van der Waals surface area contributed by atoms with Gasteiger partial charge in [0.15, 0.2) is 0 Å². The van der Waals surface area contributed by atoms with Crippen LogP contribution in [-0.2, 0) is 9.53 Å². The van der Waals surface area contributed by atoms with E-state index in [1.165, 1.54) is 0 Å². The van der Waals surface area contributed by atoms with E-state index in [0.29, 0.717) is 12.8 Å². The maximum Gasteiger partial charge on any atom is 0.293 e. The zero-order valence-corrected chi connectivity index (χ0v) is 6.06. The largest absolute Gasteiger partial charge is 0.464 e. The molecule has 0 spiro atoms. The average Bonchev–Trinajstić information content (AvgIpc) is 1.85. The van der Waals surface area contributed by atoms with Gasteiger partial charge in [-0.2, -0.15) is 0 Å². The molecule has 0 bridgehead atoms. The third-order valence-electron chi connectivity index (χ3n) is 1.84. The standard InChI is InChI=1S/C7H10F2O2/c8-7(9)3-1-2-6(4-7)11-5-10/h5-6H,1-4H2. The molecule has 64 valence electrons. The Balaban J connectivity index is 2.39. The molecule has 1 rings (SSSR count). The van der Waals surface area contributed by atoms with Crippen molar-refractivity contribution in [2.45, 2.75) is 37.7 Å². The molecule has 0 heterocycles. The van der Waals surface area contributed by atoms with Crippen LogP contribution in [0.25, 0.3) is 0 Å². The molecule has 0 aromatic carbocycles. The highest BCUT2D eigenvalue weighted by Crippen LogP contribution is 2.34. The van der Waals surface area contributed by atoms with Crippen molar-refractivity contribution in [1.82, 2.24) is 0 Å². The molecule has 2 nitrogen and oxygen atoms in total. The van der Waals surface area contributed by atoms with Crippen LogP contribution in [0, 0.1) is 0 Å². The molecule has 0 saturated heterocycles. The third-order valence-corrected chi connectivity index (χ3v) is 1.84. The summed E-state index contributed by atoms with van der Waals surface area (Å²) in [4.78, 5) is 9.82. The lowest BCUT2D eigenvalue weighted by molar-refractivity contribution is -0.143. The normalized spacial score (nSPS) is 29.5. The molecule has 0 aliphatic heterocycles. The van der Waals surface area contributed by atoms with Crippen molar-refractivity contribution in [3.8, 4) is 0 Å². The molecule has 11 heavy (non-hydrogen) atoms. The van der Waals surface area contributed by atoms with E-state index < -0.39 is 12.0 Å². The van der Waals surface area contributed by atoms with Gasteiger partial charge in [0.05, 0.1) is 0 Å². The van der Waals surface area contributed by atoms with Crippen LogP contribution < -0.4 is 0 Å². The van der Waals surface area contributed by atoms with Crippen molar-refractivity contribution >= 4 is 6.47 Å². The van der Waals surface area contributed by atoms with Gasteiger partial charge in [0.2, 0.25) is 0 Å². The molecule has 1 unspecified atom stereocenters. The summed E-state index contributed by atoms with van der Waals surface area (Å²) in [5.74, 6) is -2.63. The fourth-order valence-corrected chi connectivity index (χ4v) is 1.32. The molecule has 0 amide bonds. The van der Waals surface area contributed by atoms with Crippen LogP contribution >= 0.6 is 0 Å². The lowest BCUT2D eigenvalue weighted by Crippen LogP contribution is -2.30. The zero-order chi connectivity index (χ0) is 8.32. The molecular weight excluding hydrogens is 154 g/mol. The number of halogens is 2. The molecule has 1 fully saturated rings. The minimum absolute atomic E-state index is 0.0777. The fourth-order valence-electron chi connectivity index (χ4n) is 1.32. The van der Waals surface area contributed by atoms with Gasteiger partial charge in [0.25, 0.3) is 12.4 Å². The van der Waals surface area contributed by atoms with E-state index in [1.807, 2.05) is 0 Å². The van der Waals surface area contributed by atoms with Gasteiger partial charge in [-0.05, 0) is 12.8 Å². The highest BCUT2D eigenvalue weighted by atomic mass is 19.3. The Bertz CT molecular complexity index is 147. The van der Waals surface area contributed by atoms with Gasteiger partial charge in [0.1, 0.15) is 6.10 Å². The van der Waals surface area contributed by atoms with Crippen LogP contribution in [0.3, 0.4) is 0 Å². The topological polar surface area (TPSA) is 26.3 Å². The summed E-state index contributed by atoms with van der Waals surface area (Å²) < 4.78 is 29.6. The summed E-state index contributed by atoms with van der Waals surface area (Å²) >= 11 is 0. The number of carbonyl (C=O) groups is 1. The van der Waals surface area contributed by atoms with E-state index in [0.717, 1.165) is 0 Å². The van der Waals surface area contributed by atoms with Crippen LogP contribution in [0.1, 0.15) is 25.7 Å². The second kappa shape index (κ2) is 3.15. The number of hydrogen-bond acceptors (Lipinski definition) is 2. The van der Waals surface area contributed by atoms with Gasteiger partial charge in [-0.15, -0.1) is 0 Å². The van der Waals surface area contributed by atoms with Gasteiger partial charge in [-0.25, -0.2) is 8.78 Å². The van der Waals surface area contributed by atoms with Gasteiger partial charge in [0, 0.05) is 12.8 Å². The zero-order valence-electron chi connectivity index (χ0n) is 6.06. The van der Waals surface area contributed by atoms with Crippen LogP contribution in [0.4, 0.5) is 8.78 Å². The summed E-state index contributed by atoms with van der Waals surface area (Å²) in [5.41, 5.74) is 0. The van der Waals surface area contributed by atoms with Crippen LogP contribution in [0.5, 0.6) is 0 Å². The lowest BCUT2D eigenvalue weighted by atomic mass is 9.94. The van der Waals surface area contributed by atoms with Crippen LogP contribution in [0.15, 0.2) is 0 Å². The predicted octanol–water partition coefficient (Wildman–Crippen LogP) is 1.74. The molecule has 0 N–H and O–H groups in total. The molecular formula is C7H10F2O2. The monoisotopic (exact) mass is 164 g/mol. The van der Waals surface area contributed by atoms with E-state index in [9.17, 15) is 13.6 Å². The highest BCUT2D eigenvalue weighted by Gasteiger charge is 2.36. The summed E-state index contributed by atoms with van der Waals surface area (Å²) in [7, 11) is 0. The van der Waals surface area contributed by atoms with Gasteiger partial charge < -0.3 is 4.74 Å². The van der Waals surface area contributed by atoms with Crippen molar-refractivity contribution in [2.24, 2.45) is 0 Å². The quantitative estimate of drug-likeness (QED) is 0.581. The molecule has 1 aliphatic rings. The number of hydrogen-bond donors (Lipinski definition) is 0. The summed E-state index contributed by atoms with van der Waals surface area (Å²) in [6.07, 6.45) is 0.0355. The maximum absolute atomic E-state index is 12.6. The lowest BCUT2D eigenvalue weighted by Gasteiger charge is -2.27. The highest BCUT2D eigenvalue weighted by molar-refractivity contribution is 5.37. The molecule has 0 aromatic rings. The summed E-state index contributed by atoms with van der Waals surface area (Å²) in [6, 6.07) is 0. The first-order valence-electron chi connectivity index (χ1n) is 3.61. The Labute approximate surface area is 63.5 Å². The average molecular weight is 164 g/mol. The van der Waals surface area contributed by atoms with Gasteiger partial charge in [-0.3, -0.25) is 4.79 Å². The molecule has 1 saturated carbocycles. The van der Waals surface area contributed by atoms with E-state index >= 15 is 0 Å². The molecule has 0 aromatic heterocycles. The molecule has 1 atom stereocenters. The predicted molar refractivity (Wildman–Crippen MR) is 34.4 cm³/mol. The van der Waals surface area contributed by atoms with Crippen LogP contribution in [0.2, 0.25) is 0 Å². The summed E-state index contributed by atoms with van der Waals surface area (Å²) in [6.45, 7) is 0.242. The number of alkyl halides is 2. The first-order chi connectivity index (χ1) is 5.14. The van der Waals surface area contributed by atoms with Crippen molar-refractivity contribution in [2.75, 3.05) is 0 Å². The minimum atomic E-state index is -2.63. The van der Waals surface area contributed by atoms with Gasteiger partial charge in [-0.1, -0.05) is 0 Å². The van der Waals surface area contributed by atoms with Crippen molar-refractivity contribution < 1.29 is 18.3 Å². The first kappa shape index (κ1) is 8.43. The Morgan fingerprint density at radius 3 is 2.82 bits per heavy atom. The Kier molecular flexibility index (Phi) is 2.42. The smallest absolute Gasteiger partial charge is 0.293 e. The van der Waals surface area contributed by atoms with Crippen molar-refractivity contribution in [3.05, 3.63) is 0 Å². The van der Waals surface area contributed by atoms with E-state index in [2.05, 4.69) is 4.74 Å². The van der Waals surface area contributed by atoms with Crippen LogP contribution in [-0.4, -0.2) is 18.5 Å². The minimum Gasteiger partial charge on any atom is -0.464 e. The molecule has 1 aliphatic carbocycles. The van der Waals surface area contributed by atoms with E-state index in [1.54, 1.807) is 0 Å².